The number of nitrogens with zero attached hydrogens (tertiary/aromatic N) is 2. The number of para-hydroxylation sites is 1. The van der Waals surface area contributed by atoms with Gasteiger partial charge in [-0.05, 0) is 81.6 Å². The van der Waals surface area contributed by atoms with Crippen molar-refractivity contribution in [3.8, 4) is 27.9 Å². The minimum Gasteiger partial charge on any atom is -0.310 e. The predicted molar refractivity (Wildman–Crippen MR) is 221 cm³/mol. The standard InChI is InChI=1S/C50H34N2/c1-3-14-35(15-4-1)37-28-31-40(32-29-37)51(41-20-11-19-39(34-41)36-16-5-2-6-17-36)46-26-12-24-44-43(46)23-13-27-47(44)52-48-25-10-9-22-45(48)50-42-21-8-7-18-38(42)30-33-49(50)52/h1-34H. The van der Waals surface area contributed by atoms with E-state index in [1.54, 1.807) is 0 Å². The van der Waals surface area contributed by atoms with Crippen molar-refractivity contribution in [2.24, 2.45) is 0 Å². The van der Waals surface area contributed by atoms with Crippen LogP contribution in [0.15, 0.2) is 206 Å². The first kappa shape index (κ1) is 30.0. The van der Waals surface area contributed by atoms with E-state index in [0.717, 1.165) is 17.1 Å². The predicted octanol–water partition coefficient (Wildman–Crippen LogP) is 13.9. The Kier molecular flexibility index (Phi) is 7.18. The molecule has 2 heteroatoms. The molecule has 0 unspecified atom stereocenters. The average Bonchev–Trinajstić information content (AvgIpc) is 3.56. The first-order valence-electron chi connectivity index (χ1n) is 17.9. The fraction of sp³-hybridized carbons (Fsp3) is 0. The minimum atomic E-state index is 1.10. The lowest BCUT2D eigenvalue weighted by Gasteiger charge is -2.28. The van der Waals surface area contributed by atoms with Crippen molar-refractivity contribution in [1.82, 2.24) is 4.57 Å². The van der Waals surface area contributed by atoms with Crippen LogP contribution in [0.3, 0.4) is 0 Å². The van der Waals surface area contributed by atoms with Crippen LogP contribution in [0.4, 0.5) is 17.1 Å². The van der Waals surface area contributed by atoms with Gasteiger partial charge in [0.1, 0.15) is 0 Å². The molecule has 0 N–H and O–H groups in total. The van der Waals surface area contributed by atoms with E-state index in [1.807, 2.05) is 0 Å². The fourth-order valence-corrected chi connectivity index (χ4v) is 7.98. The van der Waals surface area contributed by atoms with E-state index >= 15 is 0 Å². The number of anilines is 3. The summed E-state index contributed by atoms with van der Waals surface area (Å²) in [6.07, 6.45) is 0. The summed E-state index contributed by atoms with van der Waals surface area (Å²) in [4.78, 5) is 2.41. The highest BCUT2D eigenvalue weighted by atomic mass is 15.1. The Morgan fingerprint density at radius 1 is 0.327 bits per heavy atom. The molecule has 244 valence electrons. The second kappa shape index (κ2) is 12.5. The summed E-state index contributed by atoms with van der Waals surface area (Å²) >= 11 is 0. The van der Waals surface area contributed by atoms with Crippen molar-refractivity contribution < 1.29 is 0 Å². The van der Waals surface area contributed by atoms with E-state index in [2.05, 4.69) is 216 Å². The van der Waals surface area contributed by atoms with Crippen LogP contribution in [0.5, 0.6) is 0 Å². The maximum atomic E-state index is 2.46. The molecule has 0 aliphatic heterocycles. The Labute approximate surface area is 303 Å². The molecule has 0 saturated heterocycles. The lowest BCUT2D eigenvalue weighted by atomic mass is 10.0. The van der Waals surface area contributed by atoms with Crippen LogP contribution in [0.1, 0.15) is 0 Å². The van der Waals surface area contributed by atoms with Crippen molar-refractivity contribution in [2.75, 3.05) is 4.90 Å². The van der Waals surface area contributed by atoms with Crippen LogP contribution in [-0.2, 0) is 0 Å². The molecule has 0 aliphatic rings. The van der Waals surface area contributed by atoms with Crippen molar-refractivity contribution in [1.29, 1.82) is 0 Å². The zero-order valence-electron chi connectivity index (χ0n) is 28.5. The van der Waals surface area contributed by atoms with Crippen LogP contribution in [0.25, 0.3) is 71.3 Å². The van der Waals surface area contributed by atoms with Gasteiger partial charge >= 0.3 is 0 Å². The zero-order chi connectivity index (χ0) is 34.4. The smallest absolute Gasteiger partial charge is 0.0547 e. The van der Waals surface area contributed by atoms with Crippen molar-refractivity contribution in [3.63, 3.8) is 0 Å². The van der Waals surface area contributed by atoms with E-state index in [-0.39, 0.29) is 0 Å². The molecular formula is C50H34N2. The third-order valence-corrected chi connectivity index (χ3v) is 10.4. The number of benzene rings is 9. The third-order valence-electron chi connectivity index (χ3n) is 10.4. The molecule has 1 aromatic heterocycles. The lowest BCUT2D eigenvalue weighted by Crippen LogP contribution is -2.11. The summed E-state index contributed by atoms with van der Waals surface area (Å²) in [5, 5.41) is 7.47. The van der Waals surface area contributed by atoms with Gasteiger partial charge in [-0.2, -0.15) is 0 Å². The van der Waals surface area contributed by atoms with Gasteiger partial charge in [0.15, 0.2) is 0 Å². The highest BCUT2D eigenvalue weighted by molar-refractivity contribution is 6.22. The number of hydrogen-bond acceptors (Lipinski definition) is 1. The summed E-state index contributed by atoms with van der Waals surface area (Å²) in [6.45, 7) is 0. The number of aromatic nitrogens is 1. The van der Waals surface area contributed by atoms with Gasteiger partial charge in [-0.3, -0.25) is 0 Å². The topological polar surface area (TPSA) is 8.17 Å². The lowest BCUT2D eigenvalue weighted by molar-refractivity contribution is 1.20. The number of hydrogen-bond donors (Lipinski definition) is 0. The van der Waals surface area contributed by atoms with E-state index in [4.69, 9.17) is 0 Å². The molecular weight excluding hydrogens is 629 g/mol. The summed E-state index contributed by atoms with van der Waals surface area (Å²) in [5.41, 5.74) is 11.7. The normalized spacial score (nSPS) is 11.5. The van der Waals surface area contributed by atoms with Crippen LogP contribution < -0.4 is 4.90 Å². The molecule has 52 heavy (non-hydrogen) atoms. The Balaban J connectivity index is 1.20. The Morgan fingerprint density at radius 2 is 0.923 bits per heavy atom. The van der Waals surface area contributed by atoms with Gasteiger partial charge in [-0.25, -0.2) is 0 Å². The summed E-state index contributed by atoms with van der Waals surface area (Å²) in [7, 11) is 0. The van der Waals surface area contributed by atoms with E-state index in [9.17, 15) is 0 Å². The molecule has 0 spiro atoms. The molecule has 0 bridgehead atoms. The second-order valence-corrected chi connectivity index (χ2v) is 13.3. The summed E-state index contributed by atoms with van der Waals surface area (Å²) in [6, 6.07) is 74.6. The Bertz CT molecular complexity index is 2890. The number of fused-ring (bicyclic) bond motifs is 6. The quantitative estimate of drug-likeness (QED) is 0.172. The van der Waals surface area contributed by atoms with Gasteiger partial charge in [0.25, 0.3) is 0 Å². The van der Waals surface area contributed by atoms with Crippen LogP contribution >= 0.6 is 0 Å². The van der Waals surface area contributed by atoms with Crippen LogP contribution in [-0.4, -0.2) is 4.57 Å². The first-order chi connectivity index (χ1) is 25.8. The molecule has 0 fully saturated rings. The molecule has 0 amide bonds. The van der Waals surface area contributed by atoms with Gasteiger partial charge in [0.05, 0.1) is 22.4 Å². The fourth-order valence-electron chi connectivity index (χ4n) is 7.98. The Morgan fingerprint density at radius 3 is 1.73 bits per heavy atom. The zero-order valence-corrected chi connectivity index (χ0v) is 28.5. The van der Waals surface area contributed by atoms with Gasteiger partial charge < -0.3 is 9.47 Å². The maximum Gasteiger partial charge on any atom is 0.0547 e. The van der Waals surface area contributed by atoms with Crippen molar-refractivity contribution in [2.45, 2.75) is 0 Å². The largest absolute Gasteiger partial charge is 0.310 e. The van der Waals surface area contributed by atoms with E-state index < -0.39 is 0 Å². The maximum absolute atomic E-state index is 2.46. The molecule has 1 heterocycles. The Hall–Kier alpha value is -6.90. The van der Waals surface area contributed by atoms with Crippen LogP contribution in [0.2, 0.25) is 0 Å². The molecule has 9 aromatic carbocycles. The van der Waals surface area contributed by atoms with Gasteiger partial charge in [0, 0.05) is 32.9 Å². The minimum absolute atomic E-state index is 1.10. The molecule has 0 atom stereocenters. The highest BCUT2D eigenvalue weighted by Crippen LogP contribution is 2.43. The molecule has 0 radical (unpaired) electrons. The van der Waals surface area contributed by atoms with E-state index in [1.165, 1.54) is 71.3 Å². The molecule has 2 nitrogen and oxygen atoms in total. The molecule has 10 aromatic rings. The average molecular weight is 663 g/mol. The molecule has 10 rings (SSSR count). The molecule has 0 saturated carbocycles. The summed E-state index contributed by atoms with van der Waals surface area (Å²) < 4.78 is 2.46. The molecule has 0 aliphatic carbocycles. The second-order valence-electron chi connectivity index (χ2n) is 13.3. The van der Waals surface area contributed by atoms with Gasteiger partial charge in [-0.15, -0.1) is 0 Å². The highest BCUT2D eigenvalue weighted by Gasteiger charge is 2.20. The van der Waals surface area contributed by atoms with Gasteiger partial charge in [0.2, 0.25) is 0 Å². The van der Waals surface area contributed by atoms with Crippen molar-refractivity contribution >= 4 is 60.4 Å². The van der Waals surface area contributed by atoms with Gasteiger partial charge in [-0.1, -0.05) is 158 Å². The van der Waals surface area contributed by atoms with Crippen molar-refractivity contribution in [3.05, 3.63) is 206 Å². The number of rotatable bonds is 6. The van der Waals surface area contributed by atoms with Crippen LogP contribution in [0, 0.1) is 0 Å². The van der Waals surface area contributed by atoms with E-state index in [0.29, 0.717) is 0 Å². The third kappa shape index (κ3) is 4.96. The SMILES string of the molecule is c1ccc(-c2ccc(N(c3cccc(-c4ccccc4)c3)c3cccc4c(-n5c6ccccc6c6c7ccccc7ccc65)cccc34)cc2)cc1. The summed E-state index contributed by atoms with van der Waals surface area (Å²) in [5.74, 6) is 0. The monoisotopic (exact) mass is 662 g/mol. The first-order valence-corrected chi connectivity index (χ1v) is 17.9.